The molecule has 11 rings (SSSR count). The quantitative estimate of drug-likeness (QED) is 0.154. The molecule has 0 spiro atoms. The minimum absolute atomic E-state index is 0.459. The number of hydrogen-bond acceptors (Lipinski definition) is 4. The van der Waals surface area contributed by atoms with Gasteiger partial charge in [-0.15, -0.1) is 0 Å². The standard InChI is InChI=1S/C57H38N4/c1-4-15-40(16-5-1)54-59-55(41-30-28-39(29-31-41)47-21-14-34-58-38-47)61-56(60-54)46-20-13-19-44(36-46)42-17-12-18-43(35-42)45-32-33-51-50-26-10-11-27-52(50)57(53(51)37-45,48-22-6-2-7-23-48)49-24-8-3-9-25-49/h1-38H. The number of nitrogens with zero attached hydrogens (tertiary/aromatic N) is 4. The third-order valence-corrected chi connectivity index (χ3v) is 11.9. The molecule has 0 bridgehead atoms. The third-order valence-electron chi connectivity index (χ3n) is 11.9. The van der Waals surface area contributed by atoms with Gasteiger partial charge in [0.25, 0.3) is 0 Å². The summed E-state index contributed by atoms with van der Waals surface area (Å²) in [5, 5.41) is 0. The van der Waals surface area contributed by atoms with Crippen LogP contribution in [0.1, 0.15) is 22.3 Å². The molecule has 1 aliphatic rings. The van der Waals surface area contributed by atoms with Gasteiger partial charge < -0.3 is 0 Å². The fraction of sp³-hybridized carbons (Fsp3) is 0.0175. The summed E-state index contributed by atoms with van der Waals surface area (Å²) in [5.41, 5.74) is 16.6. The molecule has 0 saturated carbocycles. The van der Waals surface area contributed by atoms with E-state index in [-0.39, 0.29) is 0 Å². The highest BCUT2D eigenvalue weighted by Gasteiger charge is 2.46. The molecule has 4 nitrogen and oxygen atoms in total. The normalized spacial score (nSPS) is 12.4. The first kappa shape index (κ1) is 36.0. The van der Waals surface area contributed by atoms with Crippen molar-refractivity contribution in [3.8, 4) is 78.7 Å². The number of rotatable bonds is 8. The molecule has 0 amide bonds. The summed E-state index contributed by atoms with van der Waals surface area (Å²) >= 11 is 0. The van der Waals surface area contributed by atoms with Crippen LogP contribution in [0.25, 0.3) is 78.7 Å². The molecule has 0 saturated heterocycles. The summed E-state index contributed by atoms with van der Waals surface area (Å²) in [6, 6.07) is 77.7. The fourth-order valence-electron chi connectivity index (χ4n) is 9.04. The van der Waals surface area contributed by atoms with Gasteiger partial charge in [0.2, 0.25) is 0 Å². The number of hydrogen-bond donors (Lipinski definition) is 0. The van der Waals surface area contributed by atoms with E-state index in [0.717, 1.165) is 44.5 Å². The number of fused-ring (bicyclic) bond motifs is 3. The predicted molar refractivity (Wildman–Crippen MR) is 248 cm³/mol. The molecule has 0 N–H and O–H groups in total. The lowest BCUT2D eigenvalue weighted by atomic mass is 9.67. The number of pyridine rings is 1. The van der Waals surface area contributed by atoms with Crippen LogP contribution in [0.15, 0.2) is 231 Å². The Morgan fingerprint density at radius 3 is 1.34 bits per heavy atom. The Morgan fingerprint density at radius 2 is 0.721 bits per heavy atom. The monoisotopic (exact) mass is 778 g/mol. The maximum atomic E-state index is 5.08. The minimum atomic E-state index is -0.459. The second kappa shape index (κ2) is 15.3. The highest BCUT2D eigenvalue weighted by molar-refractivity contribution is 5.89. The zero-order valence-electron chi connectivity index (χ0n) is 33.2. The Bertz CT molecular complexity index is 3130. The zero-order chi connectivity index (χ0) is 40.6. The van der Waals surface area contributed by atoms with Gasteiger partial charge in [-0.25, -0.2) is 15.0 Å². The van der Waals surface area contributed by atoms with E-state index in [1.165, 1.54) is 38.9 Å². The van der Waals surface area contributed by atoms with Gasteiger partial charge in [-0.05, 0) is 91.0 Å². The summed E-state index contributed by atoms with van der Waals surface area (Å²) in [7, 11) is 0. The molecule has 286 valence electrons. The first-order valence-corrected chi connectivity index (χ1v) is 20.6. The van der Waals surface area contributed by atoms with Crippen LogP contribution in [0.2, 0.25) is 0 Å². The van der Waals surface area contributed by atoms with Crippen LogP contribution in [-0.4, -0.2) is 19.9 Å². The molecule has 2 aromatic heterocycles. The lowest BCUT2D eigenvalue weighted by molar-refractivity contribution is 0.769. The van der Waals surface area contributed by atoms with Crippen molar-refractivity contribution in [1.82, 2.24) is 19.9 Å². The first-order chi connectivity index (χ1) is 30.2. The van der Waals surface area contributed by atoms with Gasteiger partial charge in [0, 0.05) is 29.1 Å². The van der Waals surface area contributed by atoms with Gasteiger partial charge in [0.15, 0.2) is 17.5 Å². The zero-order valence-corrected chi connectivity index (χ0v) is 33.2. The van der Waals surface area contributed by atoms with Crippen LogP contribution in [-0.2, 0) is 5.41 Å². The molecule has 8 aromatic carbocycles. The summed E-state index contributed by atoms with van der Waals surface area (Å²) in [4.78, 5) is 19.4. The van der Waals surface area contributed by atoms with Crippen molar-refractivity contribution in [2.75, 3.05) is 0 Å². The Labute approximate surface area is 355 Å². The van der Waals surface area contributed by atoms with E-state index in [4.69, 9.17) is 15.0 Å². The molecule has 0 aliphatic heterocycles. The molecular formula is C57H38N4. The smallest absolute Gasteiger partial charge is 0.164 e. The van der Waals surface area contributed by atoms with Crippen molar-refractivity contribution >= 4 is 0 Å². The highest BCUT2D eigenvalue weighted by Crippen LogP contribution is 2.56. The first-order valence-electron chi connectivity index (χ1n) is 20.6. The summed E-state index contributed by atoms with van der Waals surface area (Å²) < 4.78 is 0. The van der Waals surface area contributed by atoms with Gasteiger partial charge in [0.1, 0.15) is 0 Å². The van der Waals surface area contributed by atoms with E-state index in [0.29, 0.717) is 17.5 Å². The molecule has 0 unspecified atom stereocenters. The van der Waals surface area contributed by atoms with Crippen LogP contribution >= 0.6 is 0 Å². The van der Waals surface area contributed by atoms with Crippen molar-refractivity contribution in [2.45, 2.75) is 5.41 Å². The van der Waals surface area contributed by atoms with Crippen molar-refractivity contribution in [3.63, 3.8) is 0 Å². The maximum absolute atomic E-state index is 5.08. The number of aromatic nitrogens is 4. The van der Waals surface area contributed by atoms with Gasteiger partial charge in [-0.2, -0.15) is 0 Å². The summed E-state index contributed by atoms with van der Waals surface area (Å²) in [5.74, 6) is 1.87. The maximum Gasteiger partial charge on any atom is 0.164 e. The second-order valence-electron chi connectivity index (χ2n) is 15.4. The third kappa shape index (κ3) is 6.42. The summed E-state index contributed by atoms with van der Waals surface area (Å²) in [6.07, 6.45) is 3.66. The SMILES string of the molecule is c1ccc(-c2nc(-c3ccc(-c4cccnc4)cc3)nc(-c3cccc(-c4cccc(-c5ccc6c(c5)C(c5ccccc5)(c5ccccc5)c5ccccc5-6)c4)c3)n2)cc1. The lowest BCUT2D eigenvalue weighted by Gasteiger charge is -2.34. The van der Waals surface area contributed by atoms with Gasteiger partial charge in [0.05, 0.1) is 5.41 Å². The molecule has 4 heteroatoms. The topological polar surface area (TPSA) is 51.6 Å². The van der Waals surface area contributed by atoms with Crippen LogP contribution in [0, 0.1) is 0 Å². The highest BCUT2D eigenvalue weighted by atomic mass is 15.0. The lowest BCUT2D eigenvalue weighted by Crippen LogP contribution is -2.28. The van der Waals surface area contributed by atoms with E-state index >= 15 is 0 Å². The van der Waals surface area contributed by atoms with Crippen LogP contribution in [0.4, 0.5) is 0 Å². The van der Waals surface area contributed by atoms with Gasteiger partial charge >= 0.3 is 0 Å². The van der Waals surface area contributed by atoms with Crippen LogP contribution in [0.3, 0.4) is 0 Å². The van der Waals surface area contributed by atoms with Crippen LogP contribution < -0.4 is 0 Å². The average molecular weight is 779 g/mol. The molecule has 10 aromatic rings. The van der Waals surface area contributed by atoms with Crippen molar-refractivity contribution in [1.29, 1.82) is 0 Å². The minimum Gasteiger partial charge on any atom is -0.264 e. The van der Waals surface area contributed by atoms with E-state index in [9.17, 15) is 0 Å². The van der Waals surface area contributed by atoms with Crippen molar-refractivity contribution in [2.24, 2.45) is 0 Å². The van der Waals surface area contributed by atoms with Crippen molar-refractivity contribution < 1.29 is 0 Å². The molecular weight excluding hydrogens is 741 g/mol. The Balaban J connectivity index is 0.992. The average Bonchev–Trinajstić information content (AvgIpc) is 3.65. The molecule has 0 fully saturated rings. The Hall–Kier alpha value is -8.08. The number of benzene rings is 8. The molecule has 2 heterocycles. The van der Waals surface area contributed by atoms with Gasteiger partial charge in [-0.3, -0.25) is 4.98 Å². The largest absolute Gasteiger partial charge is 0.264 e. The second-order valence-corrected chi connectivity index (χ2v) is 15.4. The Morgan fingerprint density at radius 1 is 0.279 bits per heavy atom. The summed E-state index contributed by atoms with van der Waals surface area (Å²) in [6.45, 7) is 0. The van der Waals surface area contributed by atoms with E-state index in [1.807, 2.05) is 42.6 Å². The molecule has 61 heavy (non-hydrogen) atoms. The van der Waals surface area contributed by atoms with E-state index in [1.54, 1.807) is 6.20 Å². The molecule has 1 aliphatic carbocycles. The Kier molecular flexibility index (Phi) is 9.02. The van der Waals surface area contributed by atoms with Crippen LogP contribution in [0.5, 0.6) is 0 Å². The van der Waals surface area contributed by atoms with Gasteiger partial charge in [-0.1, -0.05) is 194 Å². The fourth-order valence-corrected chi connectivity index (χ4v) is 9.04. The van der Waals surface area contributed by atoms with E-state index < -0.39 is 5.41 Å². The van der Waals surface area contributed by atoms with Crippen molar-refractivity contribution in [3.05, 3.63) is 253 Å². The molecule has 0 atom stereocenters. The predicted octanol–water partition coefficient (Wildman–Crippen LogP) is 13.6. The molecule has 0 radical (unpaired) electrons. The van der Waals surface area contributed by atoms with E-state index in [2.05, 4.69) is 187 Å².